The van der Waals surface area contributed by atoms with Crippen LogP contribution in [0.1, 0.15) is 10.4 Å². The number of hydrogen-bond donors (Lipinski definition) is 0. The van der Waals surface area contributed by atoms with Gasteiger partial charge in [0.05, 0.1) is 6.54 Å². The van der Waals surface area contributed by atoms with E-state index in [1.54, 1.807) is 11.3 Å². The molecule has 0 spiro atoms. The van der Waals surface area contributed by atoms with Gasteiger partial charge in [0.15, 0.2) is 0 Å². The first-order valence-electron chi connectivity index (χ1n) is 8.24. The lowest BCUT2D eigenvalue weighted by atomic mass is 10.1. The van der Waals surface area contributed by atoms with E-state index in [-0.39, 0.29) is 5.91 Å². The molecule has 0 bridgehead atoms. The fourth-order valence-corrected chi connectivity index (χ4v) is 4.16. The lowest BCUT2D eigenvalue weighted by Crippen LogP contribution is -2.41. The van der Waals surface area contributed by atoms with E-state index in [1.807, 2.05) is 29.0 Å². The Balaban J connectivity index is 1.47. The summed E-state index contributed by atoms with van der Waals surface area (Å²) in [5, 5.41) is 4.55. The molecule has 24 heavy (non-hydrogen) atoms. The highest BCUT2D eigenvalue weighted by atomic mass is 32.1. The summed E-state index contributed by atoms with van der Waals surface area (Å²) in [5.74, 6) is 0.197. The summed E-state index contributed by atoms with van der Waals surface area (Å²) in [6, 6.07) is 16.8. The van der Waals surface area contributed by atoms with Gasteiger partial charge >= 0.3 is 0 Å². The van der Waals surface area contributed by atoms with Crippen LogP contribution in [0.3, 0.4) is 0 Å². The third-order valence-electron chi connectivity index (χ3n) is 4.71. The van der Waals surface area contributed by atoms with Gasteiger partial charge in [-0.3, -0.25) is 4.79 Å². The summed E-state index contributed by atoms with van der Waals surface area (Å²) in [4.78, 5) is 18.1. The summed E-state index contributed by atoms with van der Waals surface area (Å²) < 4.78 is 0. The fourth-order valence-electron chi connectivity index (χ4n) is 3.27. The van der Waals surface area contributed by atoms with E-state index in [0.717, 1.165) is 25.2 Å². The van der Waals surface area contributed by atoms with Crippen molar-refractivity contribution in [2.45, 2.75) is 13.0 Å². The van der Waals surface area contributed by atoms with Crippen LogP contribution < -0.4 is 4.90 Å². The van der Waals surface area contributed by atoms with Crippen molar-refractivity contribution in [2.75, 3.05) is 25.0 Å². The van der Waals surface area contributed by atoms with E-state index in [0.29, 0.717) is 6.54 Å². The van der Waals surface area contributed by atoms with Crippen LogP contribution >= 0.6 is 11.3 Å². The quantitative estimate of drug-likeness (QED) is 0.724. The molecule has 2 aromatic carbocycles. The number of hydrogen-bond acceptors (Lipinski definition) is 3. The number of thiophene rings is 1. The van der Waals surface area contributed by atoms with E-state index in [1.165, 1.54) is 21.2 Å². The van der Waals surface area contributed by atoms with E-state index < -0.39 is 0 Å². The van der Waals surface area contributed by atoms with Crippen molar-refractivity contribution in [3.8, 4) is 0 Å². The zero-order chi connectivity index (χ0) is 16.5. The largest absolute Gasteiger partial charge is 0.365 e. The normalized spacial score (nSPS) is 13.8. The molecule has 3 aromatic rings. The molecule has 0 N–H and O–H groups in total. The number of carbonyl (C=O) groups is 1. The third-order valence-corrected chi connectivity index (χ3v) is 5.73. The number of amides is 1. The second-order valence-electron chi connectivity index (χ2n) is 6.32. The van der Waals surface area contributed by atoms with Crippen molar-refractivity contribution in [1.29, 1.82) is 0 Å². The van der Waals surface area contributed by atoms with Gasteiger partial charge in [0, 0.05) is 30.7 Å². The summed E-state index contributed by atoms with van der Waals surface area (Å²) >= 11 is 1.80. The highest BCUT2D eigenvalue weighted by Crippen LogP contribution is 2.25. The van der Waals surface area contributed by atoms with Crippen LogP contribution in [0.2, 0.25) is 0 Å². The number of nitrogens with zero attached hydrogens (tertiary/aromatic N) is 2. The Morgan fingerprint density at radius 2 is 2.00 bits per heavy atom. The van der Waals surface area contributed by atoms with Gasteiger partial charge in [0.1, 0.15) is 0 Å². The van der Waals surface area contributed by atoms with Crippen LogP contribution in [-0.2, 0) is 17.8 Å². The van der Waals surface area contributed by atoms with Crippen molar-refractivity contribution in [3.63, 3.8) is 0 Å². The molecule has 0 fully saturated rings. The number of rotatable bonds is 3. The molecule has 0 atom stereocenters. The van der Waals surface area contributed by atoms with Crippen LogP contribution in [-0.4, -0.2) is 30.9 Å². The molecule has 1 aromatic heterocycles. The van der Waals surface area contributed by atoms with Gasteiger partial charge < -0.3 is 9.80 Å². The van der Waals surface area contributed by atoms with Crippen LogP contribution in [0, 0.1) is 0 Å². The number of carbonyl (C=O) groups excluding carboxylic acids is 1. The molecule has 4 rings (SSSR count). The van der Waals surface area contributed by atoms with E-state index >= 15 is 0 Å². The zero-order valence-corrected chi connectivity index (χ0v) is 14.6. The predicted molar refractivity (Wildman–Crippen MR) is 101 cm³/mol. The highest BCUT2D eigenvalue weighted by molar-refractivity contribution is 7.10. The summed E-state index contributed by atoms with van der Waals surface area (Å²) in [6.07, 6.45) is 0.985. The minimum Gasteiger partial charge on any atom is -0.365 e. The first kappa shape index (κ1) is 15.2. The average Bonchev–Trinajstić information content (AvgIpc) is 3.08. The molecule has 122 valence electrons. The fraction of sp³-hybridized carbons (Fsp3) is 0.250. The second kappa shape index (κ2) is 6.29. The molecule has 0 aliphatic carbocycles. The van der Waals surface area contributed by atoms with E-state index in [4.69, 9.17) is 0 Å². The van der Waals surface area contributed by atoms with Crippen LogP contribution in [0.15, 0.2) is 53.9 Å². The Morgan fingerprint density at radius 3 is 2.88 bits per heavy atom. The van der Waals surface area contributed by atoms with Gasteiger partial charge in [0.25, 0.3) is 0 Å². The summed E-state index contributed by atoms with van der Waals surface area (Å²) in [5.41, 5.74) is 2.39. The molecule has 0 unspecified atom stereocenters. The molecule has 4 heteroatoms. The molecule has 0 saturated carbocycles. The monoisotopic (exact) mass is 336 g/mol. The zero-order valence-electron chi connectivity index (χ0n) is 13.7. The molecule has 0 saturated heterocycles. The minimum absolute atomic E-state index is 0.197. The third kappa shape index (κ3) is 2.89. The number of benzene rings is 2. The predicted octanol–water partition coefficient (Wildman–Crippen LogP) is 3.92. The Kier molecular flexibility index (Phi) is 3.98. The molecular weight excluding hydrogens is 316 g/mol. The van der Waals surface area contributed by atoms with Crippen LogP contribution in [0.5, 0.6) is 0 Å². The first-order valence-corrected chi connectivity index (χ1v) is 9.11. The molecule has 1 aliphatic heterocycles. The van der Waals surface area contributed by atoms with Crippen molar-refractivity contribution in [1.82, 2.24) is 4.90 Å². The lowest BCUT2D eigenvalue weighted by molar-refractivity contribution is -0.130. The topological polar surface area (TPSA) is 23.6 Å². The maximum atomic E-state index is 12.7. The molecule has 3 nitrogen and oxygen atoms in total. The SMILES string of the molecule is CN(CC(=O)N1CCc2sccc2C1)c1ccc2ccccc2c1. The van der Waals surface area contributed by atoms with Crippen LogP contribution in [0.4, 0.5) is 5.69 Å². The van der Waals surface area contributed by atoms with Crippen LogP contribution in [0.25, 0.3) is 10.8 Å². The molecular formula is C20H20N2OS. The van der Waals surface area contributed by atoms with Gasteiger partial charge in [-0.15, -0.1) is 11.3 Å². The number of anilines is 1. The number of fused-ring (bicyclic) bond motifs is 2. The van der Waals surface area contributed by atoms with Gasteiger partial charge in [-0.05, 0) is 46.3 Å². The Morgan fingerprint density at radius 1 is 1.17 bits per heavy atom. The van der Waals surface area contributed by atoms with Gasteiger partial charge in [-0.25, -0.2) is 0 Å². The van der Waals surface area contributed by atoms with Gasteiger partial charge in [0.2, 0.25) is 5.91 Å². The van der Waals surface area contributed by atoms with Crippen molar-refractivity contribution in [3.05, 3.63) is 64.4 Å². The maximum absolute atomic E-state index is 12.7. The van der Waals surface area contributed by atoms with Gasteiger partial charge in [-0.1, -0.05) is 30.3 Å². The summed E-state index contributed by atoms with van der Waals surface area (Å²) in [7, 11) is 1.99. The molecule has 0 radical (unpaired) electrons. The molecule has 1 amide bonds. The van der Waals surface area contributed by atoms with E-state index in [9.17, 15) is 4.79 Å². The molecule has 2 heterocycles. The Labute approximate surface area is 146 Å². The Hall–Kier alpha value is -2.33. The number of likely N-dealkylation sites (N-methyl/N-ethyl adjacent to an activating group) is 1. The first-order chi connectivity index (χ1) is 11.7. The van der Waals surface area contributed by atoms with E-state index in [2.05, 4.69) is 41.8 Å². The molecule has 1 aliphatic rings. The average molecular weight is 336 g/mol. The van der Waals surface area contributed by atoms with Crippen molar-refractivity contribution < 1.29 is 4.79 Å². The second-order valence-corrected chi connectivity index (χ2v) is 7.32. The van der Waals surface area contributed by atoms with Crippen molar-refractivity contribution in [2.24, 2.45) is 0 Å². The smallest absolute Gasteiger partial charge is 0.242 e. The lowest BCUT2D eigenvalue weighted by Gasteiger charge is -2.29. The van der Waals surface area contributed by atoms with Crippen molar-refractivity contribution >= 4 is 33.7 Å². The maximum Gasteiger partial charge on any atom is 0.242 e. The Bertz CT molecular complexity index is 886. The van der Waals surface area contributed by atoms with Gasteiger partial charge in [-0.2, -0.15) is 0 Å². The highest BCUT2D eigenvalue weighted by Gasteiger charge is 2.22. The standard InChI is InChI=1S/C20H20N2OS/c1-21(18-7-6-15-4-2-3-5-16(15)12-18)14-20(23)22-10-8-19-17(13-22)9-11-24-19/h2-7,9,11-12H,8,10,13-14H2,1H3. The minimum atomic E-state index is 0.197. The summed E-state index contributed by atoms with van der Waals surface area (Å²) in [6.45, 7) is 2.00.